The van der Waals surface area contributed by atoms with Crippen molar-refractivity contribution in [1.29, 1.82) is 0 Å². The van der Waals surface area contributed by atoms with E-state index in [1.165, 1.54) is 0 Å². The number of hydrogen-bond donors (Lipinski definition) is 2. The molecule has 0 aromatic rings. The first-order valence-corrected chi connectivity index (χ1v) is 4.85. The molecule has 5 heteroatoms. The maximum absolute atomic E-state index is 11.6. The fourth-order valence-electron chi connectivity index (χ4n) is 1.51. The number of carbonyl (C=O) groups excluding carboxylic acids is 2. The van der Waals surface area contributed by atoms with Crippen molar-refractivity contribution in [2.24, 2.45) is 5.73 Å². The van der Waals surface area contributed by atoms with Crippen LogP contribution in [0.1, 0.15) is 20.3 Å². The molecule has 3 N–H and O–H groups in total. The molecule has 1 heterocycles. The first kappa shape index (κ1) is 11.0. The Morgan fingerprint density at radius 2 is 2.29 bits per heavy atom. The van der Waals surface area contributed by atoms with Gasteiger partial charge >= 0.3 is 0 Å². The molecular formula is C9H17N3O2. The minimum atomic E-state index is -0.406. The standard InChI is InChI=1S/C9H17N3O2/c1-6(10)5-12-7(2)9(14)11-4-3-8(12)13/h6-7H,3-5,10H2,1-2H3,(H,11,14). The van der Waals surface area contributed by atoms with E-state index in [1.807, 2.05) is 6.92 Å². The zero-order valence-electron chi connectivity index (χ0n) is 8.62. The third-order valence-electron chi connectivity index (χ3n) is 2.29. The van der Waals surface area contributed by atoms with Gasteiger partial charge < -0.3 is 16.0 Å². The van der Waals surface area contributed by atoms with Gasteiger partial charge in [0.2, 0.25) is 11.8 Å². The van der Waals surface area contributed by atoms with Crippen LogP contribution in [0.25, 0.3) is 0 Å². The van der Waals surface area contributed by atoms with Crippen molar-refractivity contribution in [3.8, 4) is 0 Å². The lowest BCUT2D eigenvalue weighted by Crippen LogP contribution is -2.48. The highest BCUT2D eigenvalue weighted by Gasteiger charge is 2.28. The second-order valence-electron chi connectivity index (χ2n) is 3.74. The molecule has 1 aliphatic heterocycles. The van der Waals surface area contributed by atoms with Crippen LogP contribution in [0.4, 0.5) is 0 Å². The molecule has 0 bridgehead atoms. The summed E-state index contributed by atoms with van der Waals surface area (Å²) in [5.74, 6) is -0.107. The average Bonchev–Trinajstić information content (AvgIpc) is 2.20. The fourth-order valence-corrected chi connectivity index (χ4v) is 1.51. The summed E-state index contributed by atoms with van der Waals surface area (Å²) in [7, 11) is 0. The van der Waals surface area contributed by atoms with Gasteiger partial charge in [0.25, 0.3) is 0 Å². The first-order valence-electron chi connectivity index (χ1n) is 4.85. The summed E-state index contributed by atoms with van der Waals surface area (Å²) in [4.78, 5) is 24.5. The smallest absolute Gasteiger partial charge is 0.242 e. The number of nitrogens with zero attached hydrogens (tertiary/aromatic N) is 1. The molecule has 2 amide bonds. The lowest BCUT2D eigenvalue weighted by Gasteiger charge is -2.27. The van der Waals surface area contributed by atoms with Gasteiger partial charge in [-0.1, -0.05) is 0 Å². The second-order valence-corrected chi connectivity index (χ2v) is 3.74. The highest BCUT2D eigenvalue weighted by Crippen LogP contribution is 2.06. The van der Waals surface area contributed by atoms with Crippen LogP contribution in [0, 0.1) is 0 Å². The van der Waals surface area contributed by atoms with Gasteiger partial charge in [-0.05, 0) is 13.8 Å². The number of rotatable bonds is 2. The molecule has 0 saturated carbocycles. The Labute approximate surface area is 83.6 Å². The Bertz CT molecular complexity index is 240. The van der Waals surface area contributed by atoms with Crippen LogP contribution in [0.2, 0.25) is 0 Å². The van der Waals surface area contributed by atoms with Crippen molar-refractivity contribution in [1.82, 2.24) is 10.2 Å². The van der Waals surface area contributed by atoms with Crippen molar-refractivity contribution in [2.75, 3.05) is 13.1 Å². The largest absolute Gasteiger partial charge is 0.354 e. The molecule has 1 fully saturated rings. The normalized spacial score (nSPS) is 25.6. The maximum Gasteiger partial charge on any atom is 0.242 e. The molecule has 0 spiro atoms. The third kappa shape index (κ3) is 2.45. The highest BCUT2D eigenvalue weighted by atomic mass is 16.2. The van der Waals surface area contributed by atoms with E-state index in [-0.39, 0.29) is 17.9 Å². The number of amides is 2. The number of hydrogen-bond acceptors (Lipinski definition) is 3. The van der Waals surface area contributed by atoms with Crippen LogP contribution >= 0.6 is 0 Å². The quantitative estimate of drug-likeness (QED) is 0.603. The third-order valence-corrected chi connectivity index (χ3v) is 2.29. The Hall–Kier alpha value is -1.10. The predicted octanol–water partition coefficient (Wildman–Crippen LogP) is -0.929. The molecule has 14 heavy (non-hydrogen) atoms. The van der Waals surface area contributed by atoms with E-state index in [0.29, 0.717) is 19.5 Å². The summed E-state index contributed by atoms with van der Waals surface area (Å²) in [6, 6.07) is -0.511. The van der Waals surface area contributed by atoms with Crippen LogP contribution in [0.5, 0.6) is 0 Å². The Balaban J connectivity index is 2.74. The molecule has 2 unspecified atom stereocenters. The molecule has 1 rings (SSSR count). The Morgan fingerprint density at radius 1 is 1.64 bits per heavy atom. The van der Waals surface area contributed by atoms with Crippen LogP contribution < -0.4 is 11.1 Å². The molecule has 0 aliphatic carbocycles. The van der Waals surface area contributed by atoms with E-state index >= 15 is 0 Å². The van der Waals surface area contributed by atoms with E-state index in [9.17, 15) is 9.59 Å². The predicted molar refractivity (Wildman–Crippen MR) is 52.5 cm³/mol. The van der Waals surface area contributed by atoms with E-state index in [2.05, 4.69) is 5.32 Å². The molecular weight excluding hydrogens is 182 g/mol. The maximum atomic E-state index is 11.6. The van der Waals surface area contributed by atoms with Crippen LogP contribution in [-0.2, 0) is 9.59 Å². The van der Waals surface area contributed by atoms with Gasteiger partial charge in [0.05, 0.1) is 0 Å². The molecule has 2 atom stereocenters. The number of nitrogens with one attached hydrogen (secondary N) is 1. The van der Waals surface area contributed by atoms with E-state index < -0.39 is 6.04 Å². The summed E-state index contributed by atoms with van der Waals surface area (Å²) < 4.78 is 0. The van der Waals surface area contributed by atoms with E-state index in [0.717, 1.165) is 0 Å². The summed E-state index contributed by atoms with van der Waals surface area (Å²) in [5, 5.41) is 2.69. The van der Waals surface area contributed by atoms with Gasteiger partial charge in [-0.3, -0.25) is 9.59 Å². The van der Waals surface area contributed by atoms with Crippen molar-refractivity contribution < 1.29 is 9.59 Å². The van der Waals surface area contributed by atoms with Crippen LogP contribution in [0.3, 0.4) is 0 Å². The van der Waals surface area contributed by atoms with Crippen molar-refractivity contribution >= 4 is 11.8 Å². The minimum absolute atomic E-state index is 0.00634. The summed E-state index contributed by atoms with van der Waals surface area (Å²) in [6.07, 6.45) is 0.364. The zero-order valence-corrected chi connectivity index (χ0v) is 8.62. The lowest BCUT2D eigenvalue weighted by molar-refractivity contribution is -0.137. The van der Waals surface area contributed by atoms with Gasteiger partial charge in [-0.2, -0.15) is 0 Å². The number of nitrogens with two attached hydrogens (primary N) is 1. The minimum Gasteiger partial charge on any atom is -0.354 e. The molecule has 0 aromatic heterocycles. The van der Waals surface area contributed by atoms with Crippen LogP contribution in [0.15, 0.2) is 0 Å². The highest BCUT2D eigenvalue weighted by molar-refractivity contribution is 5.89. The SMILES string of the molecule is CC(N)CN1C(=O)CCNC(=O)C1C. The monoisotopic (exact) mass is 199 g/mol. The van der Waals surface area contributed by atoms with Crippen molar-refractivity contribution in [2.45, 2.75) is 32.4 Å². The summed E-state index contributed by atoms with van der Waals surface area (Å²) in [5.41, 5.74) is 5.62. The van der Waals surface area contributed by atoms with Gasteiger partial charge in [0, 0.05) is 25.6 Å². The van der Waals surface area contributed by atoms with Gasteiger partial charge in [-0.15, -0.1) is 0 Å². The zero-order chi connectivity index (χ0) is 10.7. The molecule has 5 nitrogen and oxygen atoms in total. The lowest BCUT2D eigenvalue weighted by atomic mass is 10.2. The molecule has 1 saturated heterocycles. The van der Waals surface area contributed by atoms with Gasteiger partial charge in [0.1, 0.15) is 6.04 Å². The van der Waals surface area contributed by atoms with Gasteiger partial charge in [-0.25, -0.2) is 0 Å². The summed E-state index contributed by atoms with van der Waals surface area (Å²) >= 11 is 0. The number of carbonyl (C=O) groups is 2. The van der Waals surface area contributed by atoms with Gasteiger partial charge in [0.15, 0.2) is 0 Å². The van der Waals surface area contributed by atoms with Crippen molar-refractivity contribution in [3.63, 3.8) is 0 Å². The average molecular weight is 199 g/mol. The van der Waals surface area contributed by atoms with Crippen LogP contribution in [-0.4, -0.2) is 41.9 Å². The van der Waals surface area contributed by atoms with Crippen molar-refractivity contribution in [3.05, 3.63) is 0 Å². The molecule has 1 aliphatic rings. The first-order chi connectivity index (χ1) is 6.52. The second kappa shape index (κ2) is 4.41. The molecule has 0 aromatic carbocycles. The Kier molecular flexibility index (Phi) is 3.46. The fraction of sp³-hybridized carbons (Fsp3) is 0.778. The molecule has 80 valence electrons. The van der Waals surface area contributed by atoms with E-state index in [4.69, 9.17) is 5.73 Å². The Morgan fingerprint density at radius 3 is 2.86 bits per heavy atom. The molecule has 0 radical (unpaired) electrons. The topological polar surface area (TPSA) is 75.4 Å². The van der Waals surface area contributed by atoms with E-state index in [1.54, 1.807) is 11.8 Å². The summed E-state index contributed by atoms with van der Waals surface area (Å²) in [6.45, 7) is 4.41.